The summed E-state index contributed by atoms with van der Waals surface area (Å²) in [5, 5.41) is 0. The fourth-order valence-corrected chi connectivity index (χ4v) is 1.54. The van der Waals surface area contributed by atoms with Gasteiger partial charge in [-0.1, -0.05) is 0 Å². The molecule has 1 aliphatic carbocycles. The third kappa shape index (κ3) is 2.57. The fourth-order valence-electron chi connectivity index (χ4n) is 1.54. The van der Waals surface area contributed by atoms with Crippen LogP contribution in [0, 0.1) is 0 Å². The molecule has 0 radical (unpaired) electrons. The summed E-state index contributed by atoms with van der Waals surface area (Å²) in [6.45, 7) is 0. The molecule has 0 aliphatic heterocycles. The van der Waals surface area contributed by atoms with Gasteiger partial charge in [-0.25, -0.2) is 0 Å². The number of rotatable bonds is 3. The lowest BCUT2D eigenvalue weighted by Crippen LogP contribution is -2.01. The largest absolute Gasteiger partial charge is 0.501 e. The third-order valence-corrected chi connectivity index (χ3v) is 2.46. The van der Waals surface area contributed by atoms with Crippen LogP contribution in [0.25, 0.3) is 0 Å². The summed E-state index contributed by atoms with van der Waals surface area (Å²) in [7, 11) is 1.69. The van der Waals surface area contributed by atoms with Gasteiger partial charge in [0.25, 0.3) is 0 Å². The Kier molecular flexibility index (Phi) is 3.15. The van der Waals surface area contributed by atoms with Gasteiger partial charge in [-0.15, -0.1) is 0 Å². The fraction of sp³-hybridized carbons (Fsp3) is 0.231. The summed E-state index contributed by atoms with van der Waals surface area (Å²) in [5.74, 6) is 2.75. The van der Waals surface area contributed by atoms with Crippen LogP contribution in [0.2, 0.25) is 0 Å². The first-order chi connectivity index (χ1) is 7.78. The first-order valence-corrected chi connectivity index (χ1v) is 5.25. The molecular weight excluding hydrogens is 202 g/mol. The molecule has 0 heterocycles. The quantitative estimate of drug-likeness (QED) is 0.792. The molecule has 0 aromatic heterocycles. The van der Waals surface area contributed by atoms with E-state index in [0.29, 0.717) is 0 Å². The lowest BCUT2D eigenvalue weighted by Gasteiger charge is -2.14. The third-order valence-electron chi connectivity index (χ3n) is 2.46. The van der Waals surface area contributed by atoms with Gasteiger partial charge in [-0.2, -0.15) is 0 Å². The second kappa shape index (κ2) is 4.75. The van der Waals surface area contributed by atoms with Crippen molar-refractivity contribution in [3.05, 3.63) is 47.9 Å². The maximum Gasteiger partial charge on any atom is 0.127 e. The van der Waals surface area contributed by atoms with Gasteiger partial charge in [0.2, 0.25) is 0 Å². The van der Waals surface area contributed by atoms with Crippen molar-refractivity contribution in [2.45, 2.75) is 12.8 Å². The average Bonchev–Trinajstić information content (AvgIpc) is 2.33. The summed E-state index contributed by atoms with van der Waals surface area (Å²) < 4.78 is 10.9. The van der Waals surface area contributed by atoms with Crippen molar-refractivity contribution in [3.63, 3.8) is 0 Å². The minimum Gasteiger partial charge on any atom is -0.501 e. The van der Waals surface area contributed by atoms with Gasteiger partial charge in [0.05, 0.1) is 12.9 Å². The van der Waals surface area contributed by atoms with Crippen molar-refractivity contribution >= 4 is 5.69 Å². The lowest BCUT2D eigenvalue weighted by molar-refractivity contribution is 0.268. The van der Waals surface area contributed by atoms with Gasteiger partial charge in [0.1, 0.15) is 11.5 Å². The van der Waals surface area contributed by atoms with Gasteiger partial charge < -0.3 is 15.2 Å². The van der Waals surface area contributed by atoms with Gasteiger partial charge in [-0.3, -0.25) is 0 Å². The Morgan fingerprint density at radius 1 is 1.00 bits per heavy atom. The van der Waals surface area contributed by atoms with E-state index >= 15 is 0 Å². The molecule has 1 aromatic rings. The topological polar surface area (TPSA) is 44.5 Å². The molecule has 3 heteroatoms. The van der Waals surface area contributed by atoms with Crippen molar-refractivity contribution in [1.29, 1.82) is 0 Å². The molecule has 0 atom stereocenters. The smallest absolute Gasteiger partial charge is 0.127 e. The standard InChI is InChI=1S/C13H15NO2/c1-15-11-6-8-13(9-7-11)16-12-4-2-10(14)3-5-12/h2-6,8H,7,9,14H2,1H3. The molecule has 0 saturated heterocycles. The molecular formula is C13H15NO2. The van der Waals surface area contributed by atoms with E-state index in [-0.39, 0.29) is 0 Å². The normalized spacial score (nSPS) is 15.1. The number of ether oxygens (including phenoxy) is 2. The summed E-state index contributed by atoms with van der Waals surface area (Å²) >= 11 is 0. The minimum atomic E-state index is 0.742. The highest BCUT2D eigenvalue weighted by Crippen LogP contribution is 2.23. The number of allylic oxidation sites excluding steroid dienone is 4. The van der Waals surface area contributed by atoms with Crippen molar-refractivity contribution in [2.24, 2.45) is 0 Å². The number of benzene rings is 1. The highest BCUT2D eigenvalue weighted by atomic mass is 16.5. The number of anilines is 1. The number of nitrogen functional groups attached to an aromatic ring is 1. The van der Waals surface area contributed by atoms with Crippen molar-refractivity contribution in [2.75, 3.05) is 12.8 Å². The van der Waals surface area contributed by atoms with E-state index in [4.69, 9.17) is 15.2 Å². The van der Waals surface area contributed by atoms with Crippen LogP contribution in [0.15, 0.2) is 47.9 Å². The number of methoxy groups -OCH3 is 1. The molecule has 84 valence electrons. The van der Waals surface area contributed by atoms with Gasteiger partial charge in [0, 0.05) is 18.5 Å². The summed E-state index contributed by atoms with van der Waals surface area (Å²) in [6, 6.07) is 7.39. The van der Waals surface area contributed by atoms with E-state index in [2.05, 4.69) is 0 Å². The van der Waals surface area contributed by atoms with E-state index in [1.54, 1.807) is 7.11 Å². The molecule has 0 saturated carbocycles. The minimum absolute atomic E-state index is 0.742. The molecule has 0 amide bonds. The number of hydrogen-bond donors (Lipinski definition) is 1. The molecule has 16 heavy (non-hydrogen) atoms. The summed E-state index contributed by atoms with van der Waals surface area (Å²) in [5.41, 5.74) is 6.34. The highest BCUT2D eigenvalue weighted by molar-refractivity contribution is 5.42. The van der Waals surface area contributed by atoms with E-state index in [1.165, 1.54) is 0 Å². The highest BCUT2D eigenvalue weighted by Gasteiger charge is 2.08. The Hall–Kier alpha value is -1.90. The predicted octanol–water partition coefficient (Wildman–Crippen LogP) is 2.86. The van der Waals surface area contributed by atoms with Crippen LogP contribution >= 0.6 is 0 Å². The zero-order valence-electron chi connectivity index (χ0n) is 9.27. The van der Waals surface area contributed by atoms with E-state index in [9.17, 15) is 0 Å². The maximum absolute atomic E-state index is 5.71. The van der Waals surface area contributed by atoms with Crippen LogP contribution in [0.5, 0.6) is 5.75 Å². The Bertz CT molecular complexity index is 418. The molecule has 2 N–H and O–H groups in total. The zero-order chi connectivity index (χ0) is 11.4. The van der Waals surface area contributed by atoms with Crippen molar-refractivity contribution in [3.8, 4) is 5.75 Å². The summed E-state index contributed by atoms with van der Waals surface area (Å²) in [4.78, 5) is 0. The Morgan fingerprint density at radius 2 is 1.62 bits per heavy atom. The second-order valence-corrected chi connectivity index (χ2v) is 3.64. The molecule has 1 aliphatic rings. The van der Waals surface area contributed by atoms with Crippen LogP contribution in [-0.2, 0) is 4.74 Å². The van der Waals surface area contributed by atoms with Crippen LogP contribution in [-0.4, -0.2) is 7.11 Å². The predicted molar refractivity (Wildman–Crippen MR) is 63.9 cm³/mol. The van der Waals surface area contributed by atoms with Crippen molar-refractivity contribution < 1.29 is 9.47 Å². The monoisotopic (exact) mass is 217 g/mol. The van der Waals surface area contributed by atoms with Gasteiger partial charge >= 0.3 is 0 Å². The van der Waals surface area contributed by atoms with Crippen LogP contribution in [0.3, 0.4) is 0 Å². The molecule has 0 spiro atoms. The van der Waals surface area contributed by atoms with Crippen LogP contribution in [0.4, 0.5) is 5.69 Å². The van der Waals surface area contributed by atoms with Crippen LogP contribution in [0.1, 0.15) is 12.8 Å². The zero-order valence-corrected chi connectivity index (χ0v) is 9.27. The lowest BCUT2D eigenvalue weighted by atomic mass is 10.1. The molecule has 0 fully saturated rings. The Morgan fingerprint density at radius 3 is 2.19 bits per heavy atom. The van der Waals surface area contributed by atoms with Gasteiger partial charge in [-0.05, 0) is 36.4 Å². The van der Waals surface area contributed by atoms with E-state index in [1.807, 2.05) is 36.4 Å². The first kappa shape index (κ1) is 10.6. The average molecular weight is 217 g/mol. The van der Waals surface area contributed by atoms with Gasteiger partial charge in [0.15, 0.2) is 0 Å². The number of hydrogen-bond acceptors (Lipinski definition) is 3. The molecule has 0 bridgehead atoms. The Labute approximate surface area is 95.2 Å². The number of nitrogens with two attached hydrogens (primary N) is 1. The van der Waals surface area contributed by atoms with E-state index < -0.39 is 0 Å². The molecule has 1 aromatic carbocycles. The summed E-state index contributed by atoms with van der Waals surface area (Å²) in [6.07, 6.45) is 5.64. The van der Waals surface area contributed by atoms with Crippen molar-refractivity contribution in [1.82, 2.24) is 0 Å². The second-order valence-electron chi connectivity index (χ2n) is 3.64. The SMILES string of the molecule is COC1=CC=C(Oc2ccc(N)cc2)CC1. The first-order valence-electron chi connectivity index (χ1n) is 5.25. The van der Waals surface area contributed by atoms with Crippen LogP contribution < -0.4 is 10.5 Å². The Balaban J connectivity index is 2.03. The molecule has 3 nitrogen and oxygen atoms in total. The maximum atomic E-state index is 5.71. The molecule has 0 unspecified atom stereocenters. The molecule has 2 rings (SSSR count). The van der Waals surface area contributed by atoms with E-state index in [0.717, 1.165) is 35.8 Å².